The predicted octanol–water partition coefficient (Wildman–Crippen LogP) is 4.34. The van der Waals surface area contributed by atoms with Crippen LogP contribution in [-0.2, 0) is 17.8 Å². The topological polar surface area (TPSA) is 71.6 Å². The number of aromatic nitrogens is 1. The summed E-state index contributed by atoms with van der Waals surface area (Å²) in [6.07, 6.45) is 5.03. The highest BCUT2D eigenvalue weighted by Gasteiger charge is 2.43. The number of nitrogens with zero attached hydrogens (tertiary/aromatic N) is 3. The Bertz CT molecular complexity index is 1300. The maximum atomic E-state index is 13.7. The summed E-state index contributed by atoms with van der Waals surface area (Å²) in [6, 6.07) is 19.2. The molecule has 1 unspecified atom stereocenters. The van der Waals surface area contributed by atoms with Crippen molar-refractivity contribution in [2.24, 2.45) is 5.73 Å². The zero-order chi connectivity index (χ0) is 25.2. The van der Waals surface area contributed by atoms with Crippen LogP contribution in [0.4, 0.5) is 5.69 Å². The van der Waals surface area contributed by atoms with Gasteiger partial charge in [0.25, 0.3) is 5.56 Å². The maximum absolute atomic E-state index is 13.7. The molecule has 3 aromatic rings. The summed E-state index contributed by atoms with van der Waals surface area (Å²) in [5.74, 6) is -0.0328. The molecule has 2 saturated heterocycles. The SMILES string of the molecule is N[C@@H]1C[C@H]2C(=O)N(c3cccn(Cc4ccc(Cl)c(Cl)c4)c3=O)CCC(CCc3ccccc3)N2C1. The number of aryl methyl sites for hydroxylation is 1. The molecule has 2 aliphatic heterocycles. The molecule has 8 heteroatoms. The molecule has 3 atom stereocenters. The van der Waals surface area contributed by atoms with Crippen molar-refractivity contribution in [3.8, 4) is 0 Å². The number of rotatable bonds is 6. The minimum atomic E-state index is -0.300. The lowest BCUT2D eigenvalue weighted by molar-refractivity contribution is -0.122. The van der Waals surface area contributed by atoms with Crippen molar-refractivity contribution >= 4 is 34.8 Å². The van der Waals surface area contributed by atoms with Gasteiger partial charge in [-0.25, -0.2) is 0 Å². The number of fused-ring (bicyclic) bond motifs is 1. The van der Waals surface area contributed by atoms with Crippen LogP contribution < -0.4 is 16.2 Å². The van der Waals surface area contributed by atoms with Crippen LogP contribution in [0.15, 0.2) is 71.7 Å². The first-order valence-electron chi connectivity index (χ1n) is 12.4. The number of benzene rings is 2. The molecule has 2 aromatic carbocycles. The number of pyridine rings is 1. The molecular formula is C28H30Cl2N4O2. The first kappa shape index (κ1) is 25.0. The normalized spacial score (nSPS) is 22.5. The van der Waals surface area contributed by atoms with E-state index in [4.69, 9.17) is 28.9 Å². The number of carbonyl (C=O) groups is 1. The number of nitrogens with two attached hydrogens (primary N) is 1. The Morgan fingerprint density at radius 2 is 1.75 bits per heavy atom. The van der Waals surface area contributed by atoms with Gasteiger partial charge in [-0.2, -0.15) is 0 Å². The largest absolute Gasteiger partial charge is 0.326 e. The third-order valence-corrected chi connectivity index (χ3v) is 8.05. The molecule has 6 nitrogen and oxygen atoms in total. The number of hydrogen-bond donors (Lipinski definition) is 1. The maximum Gasteiger partial charge on any atom is 0.274 e. The molecule has 0 spiro atoms. The van der Waals surface area contributed by atoms with Crippen LogP contribution in [0, 0.1) is 0 Å². The lowest BCUT2D eigenvalue weighted by Crippen LogP contribution is -2.46. The highest BCUT2D eigenvalue weighted by Crippen LogP contribution is 2.30. The zero-order valence-electron chi connectivity index (χ0n) is 20.0. The molecule has 2 fully saturated rings. The van der Waals surface area contributed by atoms with Crippen LogP contribution >= 0.6 is 23.2 Å². The molecule has 2 aliphatic rings. The van der Waals surface area contributed by atoms with Gasteiger partial charge >= 0.3 is 0 Å². The number of anilines is 1. The summed E-state index contributed by atoms with van der Waals surface area (Å²) in [4.78, 5) is 31.2. The smallest absolute Gasteiger partial charge is 0.274 e. The van der Waals surface area contributed by atoms with Crippen molar-refractivity contribution in [2.75, 3.05) is 18.0 Å². The number of amides is 1. The van der Waals surface area contributed by atoms with E-state index in [1.807, 2.05) is 18.2 Å². The quantitative estimate of drug-likeness (QED) is 0.520. The van der Waals surface area contributed by atoms with Crippen molar-refractivity contribution in [2.45, 2.75) is 50.4 Å². The van der Waals surface area contributed by atoms with Crippen LogP contribution in [0.2, 0.25) is 10.0 Å². The Labute approximate surface area is 221 Å². The van der Waals surface area contributed by atoms with Crippen LogP contribution in [0.3, 0.4) is 0 Å². The summed E-state index contributed by atoms with van der Waals surface area (Å²) >= 11 is 12.2. The van der Waals surface area contributed by atoms with Crippen molar-refractivity contribution in [1.29, 1.82) is 0 Å². The van der Waals surface area contributed by atoms with Crippen molar-refractivity contribution in [1.82, 2.24) is 9.47 Å². The van der Waals surface area contributed by atoms with Crippen LogP contribution in [0.5, 0.6) is 0 Å². The lowest BCUT2D eigenvalue weighted by atomic mass is 10.0. The highest BCUT2D eigenvalue weighted by molar-refractivity contribution is 6.42. The Hall–Kier alpha value is -2.64. The van der Waals surface area contributed by atoms with E-state index in [0.717, 1.165) is 24.8 Å². The average Bonchev–Trinajstić information content (AvgIpc) is 3.22. The van der Waals surface area contributed by atoms with E-state index in [0.29, 0.717) is 41.8 Å². The molecule has 0 radical (unpaired) electrons. The standard InChI is InChI=1S/C28H30Cl2N4O2/c29-23-11-9-20(15-24(23)30)17-32-13-4-7-25(27(32)35)33-14-12-22(10-8-19-5-2-1-3-6-19)34-18-21(31)16-26(34)28(33)36/h1-7,9,11,13,15,21-22,26H,8,10,12,14,16-18,31H2/t21-,22?,26+/m1/s1. The van der Waals surface area contributed by atoms with Gasteiger partial charge in [-0.15, -0.1) is 0 Å². The minimum absolute atomic E-state index is 0.0328. The monoisotopic (exact) mass is 524 g/mol. The molecule has 5 rings (SSSR count). The Kier molecular flexibility index (Phi) is 7.49. The second kappa shape index (κ2) is 10.8. The Morgan fingerprint density at radius 1 is 0.944 bits per heavy atom. The summed E-state index contributed by atoms with van der Waals surface area (Å²) in [5.41, 5.74) is 8.69. The number of hydrogen-bond acceptors (Lipinski definition) is 4. The van der Waals surface area contributed by atoms with Crippen LogP contribution in [0.25, 0.3) is 0 Å². The predicted molar refractivity (Wildman–Crippen MR) is 145 cm³/mol. The van der Waals surface area contributed by atoms with E-state index in [9.17, 15) is 9.59 Å². The van der Waals surface area contributed by atoms with E-state index >= 15 is 0 Å². The fourth-order valence-electron chi connectivity index (χ4n) is 5.49. The molecular weight excluding hydrogens is 495 g/mol. The number of carbonyl (C=O) groups excluding carboxylic acids is 1. The van der Waals surface area contributed by atoms with E-state index in [-0.39, 0.29) is 29.6 Å². The van der Waals surface area contributed by atoms with E-state index in [2.05, 4.69) is 29.2 Å². The molecule has 0 bridgehead atoms. The first-order chi connectivity index (χ1) is 17.4. The van der Waals surface area contributed by atoms with E-state index in [1.165, 1.54) is 5.56 Å². The van der Waals surface area contributed by atoms with Crippen LogP contribution in [-0.4, -0.2) is 46.6 Å². The summed E-state index contributed by atoms with van der Waals surface area (Å²) in [6.45, 7) is 1.55. The molecule has 0 saturated carbocycles. The molecule has 36 heavy (non-hydrogen) atoms. The fraction of sp³-hybridized carbons (Fsp3) is 0.357. The molecule has 1 aromatic heterocycles. The zero-order valence-corrected chi connectivity index (χ0v) is 21.5. The first-order valence-corrected chi connectivity index (χ1v) is 13.2. The number of halogens is 2. The van der Waals surface area contributed by atoms with E-state index in [1.54, 1.807) is 33.9 Å². The van der Waals surface area contributed by atoms with Crippen molar-refractivity contribution in [3.63, 3.8) is 0 Å². The Balaban J connectivity index is 1.39. The molecule has 188 valence electrons. The fourth-order valence-corrected chi connectivity index (χ4v) is 5.81. The second-order valence-electron chi connectivity index (χ2n) is 9.74. The minimum Gasteiger partial charge on any atom is -0.326 e. The van der Waals surface area contributed by atoms with Gasteiger partial charge in [-0.1, -0.05) is 59.6 Å². The molecule has 0 aliphatic carbocycles. The van der Waals surface area contributed by atoms with Gasteiger partial charge in [-0.05, 0) is 61.1 Å². The van der Waals surface area contributed by atoms with Gasteiger partial charge in [0.15, 0.2) is 0 Å². The third kappa shape index (κ3) is 5.23. The van der Waals surface area contributed by atoms with Crippen molar-refractivity contribution in [3.05, 3.63) is 98.4 Å². The third-order valence-electron chi connectivity index (χ3n) is 7.31. The van der Waals surface area contributed by atoms with Crippen LogP contribution in [0.1, 0.15) is 30.4 Å². The average molecular weight is 525 g/mol. The van der Waals surface area contributed by atoms with Gasteiger partial charge in [0.2, 0.25) is 5.91 Å². The summed E-state index contributed by atoms with van der Waals surface area (Å²) < 4.78 is 1.61. The van der Waals surface area contributed by atoms with Gasteiger partial charge < -0.3 is 15.2 Å². The Morgan fingerprint density at radius 3 is 2.53 bits per heavy atom. The molecule has 2 N–H and O–H groups in total. The molecule has 1 amide bonds. The summed E-state index contributed by atoms with van der Waals surface area (Å²) in [7, 11) is 0. The van der Waals surface area contributed by atoms with Gasteiger partial charge in [0.05, 0.1) is 22.6 Å². The van der Waals surface area contributed by atoms with Gasteiger partial charge in [0.1, 0.15) is 5.69 Å². The van der Waals surface area contributed by atoms with Gasteiger partial charge in [-0.3, -0.25) is 14.5 Å². The summed E-state index contributed by atoms with van der Waals surface area (Å²) in [5, 5.41) is 0.915. The van der Waals surface area contributed by atoms with Crippen molar-refractivity contribution < 1.29 is 4.79 Å². The lowest BCUT2D eigenvalue weighted by Gasteiger charge is -2.29. The van der Waals surface area contributed by atoms with Gasteiger partial charge in [0, 0.05) is 31.4 Å². The highest BCUT2D eigenvalue weighted by atomic mass is 35.5. The van der Waals surface area contributed by atoms with E-state index < -0.39 is 0 Å². The molecule has 3 heterocycles. The second-order valence-corrected chi connectivity index (χ2v) is 10.6.